The summed E-state index contributed by atoms with van der Waals surface area (Å²) in [5, 5.41) is 0.967. The molecule has 0 saturated carbocycles. The van der Waals surface area contributed by atoms with Gasteiger partial charge in [0.25, 0.3) is 0 Å². The van der Waals surface area contributed by atoms with Gasteiger partial charge in [0, 0.05) is 4.88 Å². The molecule has 118 valence electrons. The highest BCUT2D eigenvalue weighted by atomic mass is 32.1. The molecule has 4 nitrogen and oxygen atoms in total. The third-order valence-corrected chi connectivity index (χ3v) is 4.73. The van der Waals surface area contributed by atoms with Gasteiger partial charge in [0.15, 0.2) is 5.82 Å². The quantitative estimate of drug-likeness (QED) is 0.528. The summed E-state index contributed by atoms with van der Waals surface area (Å²) in [7, 11) is 0. The van der Waals surface area contributed by atoms with Gasteiger partial charge >= 0.3 is 0 Å². The summed E-state index contributed by atoms with van der Waals surface area (Å²) >= 11 is 1.65. The third-order valence-electron chi connectivity index (χ3n) is 3.64. The summed E-state index contributed by atoms with van der Waals surface area (Å²) in [5.41, 5.74) is 5.24. The predicted octanol–water partition coefficient (Wildman–Crippen LogP) is 4.90. The normalized spacial score (nSPS) is 10.8. The molecule has 0 aliphatic heterocycles. The minimum atomic E-state index is 0.474. The van der Waals surface area contributed by atoms with Crippen LogP contribution in [0.25, 0.3) is 20.7 Å². The lowest BCUT2D eigenvalue weighted by atomic mass is 10.2. The first-order valence-corrected chi connectivity index (χ1v) is 8.43. The van der Waals surface area contributed by atoms with E-state index in [1.54, 1.807) is 17.7 Å². The molecule has 24 heavy (non-hydrogen) atoms. The van der Waals surface area contributed by atoms with Gasteiger partial charge < -0.3 is 0 Å². The van der Waals surface area contributed by atoms with E-state index in [2.05, 4.69) is 33.6 Å². The van der Waals surface area contributed by atoms with Crippen molar-refractivity contribution < 1.29 is 4.84 Å². The van der Waals surface area contributed by atoms with Crippen LogP contribution in [0.15, 0.2) is 73.1 Å². The zero-order valence-electron chi connectivity index (χ0n) is 12.8. The van der Waals surface area contributed by atoms with E-state index in [4.69, 9.17) is 4.84 Å². The van der Waals surface area contributed by atoms with Crippen molar-refractivity contribution in [1.29, 1.82) is 0 Å². The summed E-state index contributed by atoms with van der Waals surface area (Å²) in [4.78, 5) is 16.4. The van der Waals surface area contributed by atoms with Crippen molar-refractivity contribution in [3.05, 3.63) is 78.6 Å². The van der Waals surface area contributed by atoms with Crippen LogP contribution < -0.4 is 5.48 Å². The molecular weight excluding hydrogens is 318 g/mol. The van der Waals surface area contributed by atoms with Gasteiger partial charge in [-0.3, -0.25) is 4.84 Å². The van der Waals surface area contributed by atoms with Crippen molar-refractivity contribution in [3.63, 3.8) is 0 Å². The van der Waals surface area contributed by atoms with Crippen molar-refractivity contribution in [2.45, 2.75) is 6.61 Å². The number of nitrogens with one attached hydrogen (secondary N) is 1. The van der Waals surface area contributed by atoms with E-state index in [1.165, 1.54) is 5.56 Å². The predicted molar refractivity (Wildman–Crippen MR) is 97.7 cm³/mol. The van der Waals surface area contributed by atoms with Crippen LogP contribution in [0.3, 0.4) is 0 Å². The number of fused-ring (bicyclic) bond motifs is 1. The molecule has 0 amide bonds. The van der Waals surface area contributed by atoms with Crippen LogP contribution in [0.2, 0.25) is 0 Å². The van der Waals surface area contributed by atoms with Crippen molar-refractivity contribution >= 4 is 27.4 Å². The fraction of sp³-hybridized carbons (Fsp3) is 0.0526. The molecular formula is C19H15N3OS. The number of aromatic nitrogens is 2. The van der Waals surface area contributed by atoms with E-state index in [-0.39, 0.29) is 0 Å². The number of thiophene rings is 1. The molecule has 2 heterocycles. The fourth-order valence-corrected chi connectivity index (χ4v) is 3.45. The second-order valence-corrected chi connectivity index (χ2v) is 6.32. The van der Waals surface area contributed by atoms with E-state index in [1.807, 2.05) is 48.5 Å². The Morgan fingerprint density at radius 2 is 1.67 bits per heavy atom. The van der Waals surface area contributed by atoms with Crippen LogP contribution in [0.1, 0.15) is 5.56 Å². The van der Waals surface area contributed by atoms with E-state index in [9.17, 15) is 0 Å². The summed E-state index contributed by atoms with van der Waals surface area (Å²) in [5.74, 6) is 0.689. The standard InChI is InChI=1S/C19H15N3OS/c1-3-7-14(8-4-1)12-23-22-18-16-11-17(15-9-5-2-6-10-15)24-19(16)21-13-20-18/h1-11,13H,12H2,(H,20,21,22). The first-order valence-electron chi connectivity index (χ1n) is 7.62. The Bertz CT molecular complexity index is 939. The fourth-order valence-electron chi connectivity index (χ4n) is 2.44. The molecule has 2 aromatic heterocycles. The highest BCUT2D eigenvalue weighted by Crippen LogP contribution is 2.34. The minimum absolute atomic E-state index is 0.474. The molecule has 0 spiro atoms. The molecule has 0 saturated heterocycles. The Kier molecular flexibility index (Phi) is 4.18. The number of hydrogen-bond donors (Lipinski definition) is 1. The maximum absolute atomic E-state index is 5.59. The summed E-state index contributed by atoms with van der Waals surface area (Å²) < 4.78 is 0. The topological polar surface area (TPSA) is 47.0 Å². The summed E-state index contributed by atoms with van der Waals surface area (Å²) in [6, 6.07) is 22.4. The lowest BCUT2D eigenvalue weighted by Gasteiger charge is -2.06. The molecule has 2 aromatic carbocycles. The smallest absolute Gasteiger partial charge is 0.161 e. The average Bonchev–Trinajstić information content (AvgIpc) is 3.09. The van der Waals surface area contributed by atoms with Crippen LogP contribution in [-0.4, -0.2) is 9.97 Å². The molecule has 5 heteroatoms. The number of anilines is 1. The Morgan fingerprint density at radius 3 is 2.46 bits per heavy atom. The van der Waals surface area contributed by atoms with Crippen LogP contribution in [0, 0.1) is 0 Å². The summed E-state index contributed by atoms with van der Waals surface area (Å²) in [6.07, 6.45) is 1.56. The van der Waals surface area contributed by atoms with Crippen molar-refractivity contribution in [1.82, 2.24) is 9.97 Å². The maximum Gasteiger partial charge on any atom is 0.161 e. The van der Waals surface area contributed by atoms with Crippen LogP contribution in [0.5, 0.6) is 0 Å². The van der Waals surface area contributed by atoms with E-state index in [0.29, 0.717) is 12.4 Å². The molecule has 0 fully saturated rings. The number of benzene rings is 2. The Hall–Kier alpha value is -2.76. The number of rotatable bonds is 5. The van der Waals surface area contributed by atoms with E-state index in [0.717, 1.165) is 20.7 Å². The molecule has 0 radical (unpaired) electrons. The Morgan fingerprint density at radius 1 is 0.917 bits per heavy atom. The molecule has 0 unspecified atom stereocenters. The molecule has 4 aromatic rings. The van der Waals surface area contributed by atoms with Gasteiger partial charge in [-0.2, -0.15) is 0 Å². The molecule has 0 aliphatic rings. The average molecular weight is 333 g/mol. The zero-order valence-corrected chi connectivity index (χ0v) is 13.7. The highest BCUT2D eigenvalue weighted by Gasteiger charge is 2.10. The van der Waals surface area contributed by atoms with Gasteiger partial charge in [-0.25, -0.2) is 15.4 Å². The monoisotopic (exact) mass is 333 g/mol. The first kappa shape index (κ1) is 14.8. The maximum atomic E-state index is 5.59. The second-order valence-electron chi connectivity index (χ2n) is 5.29. The summed E-state index contributed by atoms with van der Waals surface area (Å²) in [6.45, 7) is 0.474. The number of nitrogens with zero attached hydrogens (tertiary/aromatic N) is 2. The zero-order chi connectivity index (χ0) is 16.2. The first-order chi connectivity index (χ1) is 11.9. The van der Waals surface area contributed by atoms with Crippen molar-refractivity contribution in [2.24, 2.45) is 0 Å². The van der Waals surface area contributed by atoms with Gasteiger partial charge in [-0.05, 0) is 17.2 Å². The van der Waals surface area contributed by atoms with Gasteiger partial charge in [0.05, 0.1) is 12.0 Å². The van der Waals surface area contributed by atoms with Gasteiger partial charge in [-0.15, -0.1) is 11.3 Å². The van der Waals surface area contributed by atoms with Crippen LogP contribution in [-0.2, 0) is 11.4 Å². The Labute approximate surface area is 143 Å². The van der Waals surface area contributed by atoms with Crippen molar-refractivity contribution in [2.75, 3.05) is 5.48 Å². The van der Waals surface area contributed by atoms with Gasteiger partial charge in [-0.1, -0.05) is 60.7 Å². The lowest BCUT2D eigenvalue weighted by molar-refractivity contribution is 0.179. The molecule has 0 aliphatic carbocycles. The molecule has 0 atom stereocenters. The van der Waals surface area contributed by atoms with Crippen LogP contribution in [0.4, 0.5) is 5.82 Å². The van der Waals surface area contributed by atoms with E-state index >= 15 is 0 Å². The molecule has 1 N–H and O–H groups in total. The minimum Gasteiger partial charge on any atom is -0.270 e. The van der Waals surface area contributed by atoms with Gasteiger partial charge in [0.2, 0.25) is 0 Å². The number of hydrogen-bond acceptors (Lipinski definition) is 5. The van der Waals surface area contributed by atoms with E-state index < -0.39 is 0 Å². The largest absolute Gasteiger partial charge is 0.270 e. The lowest BCUT2D eigenvalue weighted by Crippen LogP contribution is -2.03. The SMILES string of the molecule is c1ccc(CONc2ncnc3sc(-c4ccccc4)cc23)cc1. The van der Waals surface area contributed by atoms with Crippen molar-refractivity contribution in [3.8, 4) is 10.4 Å². The molecule has 0 bridgehead atoms. The van der Waals surface area contributed by atoms with Crippen LogP contribution >= 0.6 is 11.3 Å². The highest BCUT2D eigenvalue weighted by molar-refractivity contribution is 7.21. The third kappa shape index (κ3) is 3.13. The van der Waals surface area contributed by atoms with Gasteiger partial charge in [0.1, 0.15) is 11.2 Å². The second kappa shape index (κ2) is 6.78. The molecule has 4 rings (SSSR count). The Balaban J connectivity index is 1.56.